The number of halogens is 1. The molecule has 0 aliphatic rings. The predicted octanol–water partition coefficient (Wildman–Crippen LogP) is 0.678. The molecular formula is C23H33FKNO7S. The molecule has 0 spiro atoms. The van der Waals surface area contributed by atoms with Crippen molar-refractivity contribution in [2.45, 2.75) is 13.8 Å². The molecule has 0 aliphatic carbocycles. The second kappa shape index (κ2) is 18.1. The molecule has 2 rings (SSSR count). The predicted molar refractivity (Wildman–Crippen MR) is 126 cm³/mol. The maximum atomic E-state index is 12.4. The summed E-state index contributed by atoms with van der Waals surface area (Å²) in [5, 5.41) is 0. The first-order valence-corrected chi connectivity index (χ1v) is 11.4. The molecule has 0 fully saturated rings. The third kappa shape index (κ3) is 18.2. The number of quaternary nitrogens is 1. The summed E-state index contributed by atoms with van der Waals surface area (Å²) in [6.07, 6.45) is 0.604. The van der Waals surface area contributed by atoms with Crippen LogP contribution < -0.4 is 55.9 Å². The zero-order chi connectivity index (χ0) is 24.9. The van der Waals surface area contributed by atoms with E-state index in [1.165, 1.54) is 24.3 Å². The maximum absolute atomic E-state index is 12.4. The average Bonchev–Trinajstić information content (AvgIpc) is 2.67. The van der Waals surface area contributed by atoms with E-state index in [-0.39, 0.29) is 70.6 Å². The quantitative estimate of drug-likeness (QED) is 0.186. The first-order valence-electron chi connectivity index (χ1n) is 9.61. The average molecular weight is 525 g/mol. The fourth-order valence-corrected chi connectivity index (χ4v) is 2.06. The molecule has 0 amide bonds. The molecule has 2 aromatic carbocycles. The molecule has 0 unspecified atom stereocenters. The zero-order valence-corrected chi connectivity index (χ0v) is 25.1. The van der Waals surface area contributed by atoms with E-state index in [0.29, 0.717) is 30.6 Å². The van der Waals surface area contributed by atoms with Crippen molar-refractivity contribution in [3.05, 3.63) is 72.9 Å². The van der Waals surface area contributed by atoms with Crippen LogP contribution in [0.2, 0.25) is 0 Å². The van der Waals surface area contributed by atoms with Gasteiger partial charge in [-0.25, -0.2) is 22.4 Å². The minimum absolute atomic E-state index is 0. The Kier molecular flexibility index (Phi) is 19.9. The Morgan fingerprint density at radius 1 is 0.853 bits per heavy atom. The van der Waals surface area contributed by atoms with Crippen molar-refractivity contribution in [1.82, 2.24) is 4.48 Å². The molecule has 11 heteroatoms. The summed E-state index contributed by atoms with van der Waals surface area (Å²) in [6, 6.07) is 12.8. The third-order valence-electron chi connectivity index (χ3n) is 3.51. The van der Waals surface area contributed by atoms with Gasteiger partial charge in [-0.3, -0.25) is 4.48 Å². The van der Waals surface area contributed by atoms with Gasteiger partial charge in [-0.05, 0) is 62.4 Å². The second-order valence-electron chi connectivity index (χ2n) is 7.21. The Bertz CT molecular complexity index is 950. The van der Waals surface area contributed by atoms with Gasteiger partial charge >= 0.3 is 63.3 Å². The monoisotopic (exact) mass is 524 g/mol. The van der Waals surface area contributed by atoms with E-state index in [1.54, 1.807) is 26.0 Å². The molecule has 0 radical (unpaired) electrons. The van der Waals surface area contributed by atoms with E-state index < -0.39 is 16.1 Å². The molecule has 34 heavy (non-hydrogen) atoms. The molecule has 0 saturated heterocycles. The van der Waals surface area contributed by atoms with Gasteiger partial charge in [-0.15, -0.1) is 0 Å². The van der Waals surface area contributed by atoms with Crippen molar-refractivity contribution in [1.29, 1.82) is 0 Å². The number of carbonyl (C=O) groups is 2. The van der Waals surface area contributed by atoms with Gasteiger partial charge in [0.15, 0.2) is 0 Å². The summed E-state index contributed by atoms with van der Waals surface area (Å²) >= 11 is 0. The second-order valence-corrected chi connectivity index (χ2v) is 8.62. The third-order valence-corrected chi connectivity index (χ3v) is 3.51. The maximum Gasteiger partial charge on any atom is 1.00 e. The Balaban J connectivity index is -0.000000457. The Morgan fingerprint density at radius 2 is 1.15 bits per heavy atom. The zero-order valence-electron chi connectivity index (χ0n) is 21.1. The number of hydrogen-bond donors (Lipinski definition) is 0. The number of carbonyl (C=O) groups excluding carboxylic acids is 2. The van der Waals surface area contributed by atoms with Gasteiger partial charge in [0.2, 0.25) is 0 Å². The minimum Gasteiger partial charge on any atom is -0.748 e. The van der Waals surface area contributed by atoms with E-state index >= 15 is 0 Å². The summed E-state index contributed by atoms with van der Waals surface area (Å²) in [5.74, 6) is -1.04. The van der Waals surface area contributed by atoms with Crippen molar-refractivity contribution >= 4 is 27.7 Å². The molecule has 0 atom stereocenters. The standard InChI is InChI=1S/C12H18NO2.C9H9FO2.CH4O3S.CH3.K/c1-5-15-12(14)10-6-8-11(9-7-10)13(2,3)4;1-2-12-9(11)7-3-5-8(10)6-4-7;1-5(2,3)4;;/h6-9H,5H2,1-4H3;3-6H,2H2,1H3;1H3,(H,2,3,4);1H3;/q+1;;;-1;+1/p-1/i;10-1;;;. The van der Waals surface area contributed by atoms with Gasteiger partial charge in [0.05, 0.1) is 55.6 Å². The van der Waals surface area contributed by atoms with E-state index in [1.807, 2.05) is 12.1 Å². The van der Waals surface area contributed by atoms with Gasteiger partial charge in [0.25, 0.3) is 0 Å². The summed E-state index contributed by atoms with van der Waals surface area (Å²) in [7, 11) is 2.33. The largest absolute Gasteiger partial charge is 1.00 e. The smallest absolute Gasteiger partial charge is 0.748 e. The number of esters is 2. The SMILES string of the molecule is CCOC(=O)c1ccc([18F])cc1.CCOC(=O)c1ccc([N+](C)(C)C)cc1.CS(=O)(=O)[O-].[CH3-].[K+]. The van der Waals surface area contributed by atoms with E-state index in [0.717, 1.165) is 10.2 Å². The van der Waals surface area contributed by atoms with Crippen molar-refractivity contribution in [3.8, 4) is 0 Å². The van der Waals surface area contributed by atoms with Crippen LogP contribution in [0.15, 0.2) is 48.5 Å². The van der Waals surface area contributed by atoms with Crippen LogP contribution in [0.4, 0.5) is 10.1 Å². The molecule has 186 valence electrons. The first kappa shape index (κ1) is 37.4. The topological polar surface area (TPSA) is 110 Å². The van der Waals surface area contributed by atoms with Crippen LogP contribution in [-0.2, 0) is 19.6 Å². The molecule has 8 nitrogen and oxygen atoms in total. The molecule has 0 aromatic heterocycles. The number of ether oxygens (including phenoxy) is 2. The normalized spacial score (nSPS) is 10.0. The molecule has 0 bridgehead atoms. The summed E-state index contributed by atoms with van der Waals surface area (Å²) in [5.41, 5.74) is 2.13. The van der Waals surface area contributed by atoms with Gasteiger partial charge < -0.3 is 21.5 Å². The van der Waals surface area contributed by atoms with Crippen LogP contribution in [0.5, 0.6) is 0 Å². The van der Waals surface area contributed by atoms with Crippen LogP contribution in [-0.4, -0.2) is 65.5 Å². The van der Waals surface area contributed by atoms with Gasteiger partial charge in [0.1, 0.15) is 11.5 Å². The van der Waals surface area contributed by atoms with Gasteiger partial charge in [0, 0.05) is 6.26 Å². The Morgan fingerprint density at radius 3 is 1.41 bits per heavy atom. The van der Waals surface area contributed by atoms with Gasteiger partial charge in [-0.1, -0.05) is 0 Å². The fraction of sp³-hybridized carbons (Fsp3) is 0.348. The molecule has 0 aliphatic heterocycles. The number of nitrogens with zero attached hydrogens (tertiary/aromatic N) is 1. The van der Waals surface area contributed by atoms with E-state index in [2.05, 4.69) is 21.1 Å². The molecule has 0 heterocycles. The first-order chi connectivity index (χ1) is 14.7. The van der Waals surface area contributed by atoms with E-state index in [9.17, 15) is 14.0 Å². The van der Waals surface area contributed by atoms with Crippen molar-refractivity contribution in [3.63, 3.8) is 0 Å². The van der Waals surface area contributed by atoms with Crippen molar-refractivity contribution < 1.29 is 87.8 Å². The van der Waals surface area contributed by atoms with Crippen LogP contribution in [0.1, 0.15) is 34.6 Å². The fourth-order valence-electron chi connectivity index (χ4n) is 2.06. The van der Waals surface area contributed by atoms with Crippen molar-refractivity contribution in [2.75, 3.05) is 40.6 Å². The number of rotatable bonds is 5. The van der Waals surface area contributed by atoms with E-state index in [4.69, 9.17) is 22.4 Å². The van der Waals surface area contributed by atoms with Crippen LogP contribution in [0, 0.1) is 13.2 Å². The van der Waals surface area contributed by atoms with Gasteiger partial charge in [-0.2, -0.15) is 0 Å². The van der Waals surface area contributed by atoms with Crippen LogP contribution in [0.25, 0.3) is 0 Å². The Hall–Kier alpha value is -1.18. The molecular weight excluding hydrogens is 491 g/mol. The number of hydrogen-bond acceptors (Lipinski definition) is 7. The summed E-state index contributed by atoms with van der Waals surface area (Å²) in [4.78, 5) is 22.4. The molecule has 2 aromatic rings. The van der Waals surface area contributed by atoms with Crippen LogP contribution >= 0.6 is 0 Å². The molecule has 0 saturated carbocycles. The Labute approximate surface area is 245 Å². The van der Waals surface area contributed by atoms with Crippen molar-refractivity contribution in [2.24, 2.45) is 0 Å². The minimum atomic E-state index is -3.92. The summed E-state index contributed by atoms with van der Waals surface area (Å²) < 4.78 is 50.0. The van der Waals surface area contributed by atoms with Crippen LogP contribution in [0.3, 0.4) is 0 Å². The summed E-state index contributed by atoms with van der Waals surface area (Å²) in [6.45, 7) is 4.27. The number of benzene rings is 2. The molecule has 0 N–H and O–H groups in total.